The van der Waals surface area contributed by atoms with Gasteiger partial charge in [-0.05, 0) is 36.8 Å². The molecule has 1 atom stereocenters. The summed E-state index contributed by atoms with van der Waals surface area (Å²) in [5, 5.41) is 11.4. The average molecular weight is 381 g/mol. The number of aromatic nitrogens is 1. The number of esters is 1. The van der Waals surface area contributed by atoms with Crippen molar-refractivity contribution < 1.29 is 24.1 Å². The van der Waals surface area contributed by atoms with Crippen LogP contribution in [0.5, 0.6) is 17.2 Å². The molecule has 0 unspecified atom stereocenters. The van der Waals surface area contributed by atoms with Crippen LogP contribution in [0.1, 0.15) is 30.4 Å². The number of carbonyl (C=O) groups is 1. The SMILES string of the molecule is CCOC(=O)C[C@@H](c1ccc2c(c1)OCO2)c1c(O)c2ccccc2[nH]c1=O. The minimum absolute atomic E-state index is 0.0948. The Morgan fingerprint density at radius 2 is 2.00 bits per heavy atom. The summed E-state index contributed by atoms with van der Waals surface area (Å²) >= 11 is 0. The van der Waals surface area contributed by atoms with E-state index >= 15 is 0 Å². The predicted molar refractivity (Wildman–Crippen MR) is 102 cm³/mol. The Morgan fingerprint density at radius 1 is 1.21 bits per heavy atom. The molecule has 1 aromatic heterocycles. The fourth-order valence-electron chi connectivity index (χ4n) is 3.47. The Bertz CT molecular complexity index is 1100. The molecular weight excluding hydrogens is 362 g/mol. The van der Waals surface area contributed by atoms with Crippen molar-refractivity contribution in [1.29, 1.82) is 0 Å². The Kier molecular flexibility index (Phi) is 4.65. The second-order valence-corrected chi connectivity index (χ2v) is 6.44. The number of aromatic hydroxyl groups is 1. The second kappa shape index (κ2) is 7.26. The van der Waals surface area contributed by atoms with Gasteiger partial charge in [0.05, 0.1) is 24.1 Å². The molecule has 0 fully saturated rings. The molecule has 4 rings (SSSR count). The normalized spacial score (nSPS) is 13.5. The van der Waals surface area contributed by atoms with Crippen LogP contribution >= 0.6 is 0 Å². The van der Waals surface area contributed by atoms with E-state index in [0.717, 1.165) is 0 Å². The molecule has 28 heavy (non-hydrogen) atoms. The monoisotopic (exact) mass is 381 g/mol. The van der Waals surface area contributed by atoms with Gasteiger partial charge in [0.1, 0.15) is 5.75 Å². The van der Waals surface area contributed by atoms with E-state index in [1.54, 1.807) is 49.4 Å². The summed E-state index contributed by atoms with van der Waals surface area (Å²) in [7, 11) is 0. The van der Waals surface area contributed by atoms with Crippen LogP contribution in [0.4, 0.5) is 0 Å². The molecule has 1 aliphatic heterocycles. The minimum Gasteiger partial charge on any atom is -0.507 e. The van der Waals surface area contributed by atoms with Crippen LogP contribution in [-0.2, 0) is 9.53 Å². The summed E-state index contributed by atoms with van der Waals surface area (Å²) in [6, 6.07) is 12.2. The quantitative estimate of drug-likeness (QED) is 0.659. The number of H-pyrrole nitrogens is 1. The van der Waals surface area contributed by atoms with Crippen molar-refractivity contribution in [3.05, 3.63) is 63.9 Å². The fourth-order valence-corrected chi connectivity index (χ4v) is 3.47. The van der Waals surface area contributed by atoms with Gasteiger partial charge in [-0.3, -0.25) is 9.59 Å². The average Bonchev–Trinajstić information content (AvgIpc) is 3.15. The maximum Gasteiger partial charge on any atom is 0.306 e. The van der Waals surface area contributed by atoms with Crippen molar-refractivity contribution in [2.75, 3.05) is 13.4 Å². The Balaban J connectivity index is 1.87. The molecule has 144 valence electrons. The van der Waals surface area contributed by atoms with Crippen molar-refractivity contribution in [2.24, 2.45) is 0 Å². The lowest BCUT2D eigenvalue weighted by molar-refractivity contribution is -0.143. The number of hydrogen-bond donors (Lipinski definition) is 2. The van der Waals surface area contributed by atoms with Crippen molar-refractivity contribution >= 4 is 16.9 Å². The fraction of sp³-hybridized carbons (Fsp3) is 0.238. The smallest absolute Gasteiger partial charge is 0.306 e. The van der Waals surface area contributed by atoms with Gasteiger partial charge in [0.2, 0.25) is 6.79 Å². The molecule has 0 spiro atoms. The van der Waals surface area contributed by atoms with Crippen LogP contribution in [0.25, 0.3) is 10.9 Å². The van der Waals surface area contributed by atoms with E-state index in [2.05, 4.69) is 4.98 Å². The van der Waals surface area contributed by atoms with E-state index in [1.165, 1.54) is 0 Å². The van der Waals surface area contributed by atoms with E-state index < -0.39 is 17.4 Å². The van der Waals surface area contributed by atoms with Crippen molar-refractivity contribution in [2.45, 2.75) is 19.3 Å². The third kappa shape index (κ3) is 3.15. The van der Waals surface area contributed by atoms with Crippen LogP contribution < -0.4 is 15.0 Å². The number of nitrogens with one attached hydrogen (secondary N) is 1. The van der Waals surface area contributed by atoms with Crippen LogP contribution in [0.2, 0.25) is 0 Å². The Hall–Kier alpha value is -3.48. The zero-order valence-corrected chi connectivity index (χ0v) is 15.2. The summed E-state index contributed by atoms with van der Waals surface area (Å²) in [6.07, 6.45) is -0.0948. The molecule has 7 nitrogen and oxygen atoms in total. The van der Waals surface area contributed by atoms with Gasteiger partial charge in [-0.25, -0.2) is 0 Å². The van der Waals surface area contributed by atoms with Gasteiger partial charge in [-0.1, -0.05) is 18.2 Å². The molecule has 0 bridgehead atoms. The Labute approximate surface area is 160 Å². The van der Waals surface area contributed by atoms with Gasteiger partial charge in [-0.15, -0.1) is 0 Å². The molecule has 0 aliphatic carbocycles. The molecule has 2 aromatic carbocycles. The van der Waals surface area contributed by atoms with Crippen LogP contribution in [0, 0.1) is 0 Å². The summed E-state index contributed by atoms with van der Waals surface area (Å²) in [5.41, 5.74) is 0.830. The van der Waals surface area contributed by atoms with E-state index in [1.807, 2.05) is 0 Å². The number of carbonyl (C=O) groups excluding carboxylic acids is 1. The third-order valence-electron chi connectivity index (χ3n) is 4.75. The highest BCUT2D eigenvalue weighted by molar-refractivity contribution is 5.86. The molecule has 0 saturated heterocycles. The van der Waals surface area contributed by atoms with Crippen molar-refractivity contribution in [1.82, 2.24) is 4.98 Å². The van der Waals surface area contributed by atoms with Crippen molar-refractivity contribution in [3.8, 4) is 17.2 Å². The van der Waals surface area contributed by atoms with E-state index in [9.17, 15) is 14.7 Å². The summed E-state index contributed by atoms with van der Waals surface area (Å²) in [6.45, 7) is 2.06. The number of ether oxygens (including phenoxy) is 3. The zero-order chi connectivity index (χ0) is 19.7. The molecule has 2 N–H and O–H groups in total. The number of fused-ring (bicyclic) bond motifs is 2. The molecule has 0 amide bonds. The van der Waals surface area contributed by atoms with Crippen LogP contribution in [-0.4, -0.2) is 29.5 Å². The summed E-state index contributed by atoms with van der Waals surface area (Å²) in [4.78, 5) is 27.8. The van der Waals surface area contributed by atoms with Gasteiger partial charge in [0.25, 0.3) is 5.56 Å². The summed E-state index contributed by atoms with van der Waals surface area (Å²) < 4.78 is 15.8. The first-order chi connectivity index (χ1) is 13.6. The zero-order valence-electron chi connectivity index (χ0n) is 15.2. The molecule has 0 radical (unpaired) electrons. The Morgan fingerprint density at radius 3 is 2.82 bits per heavy atom. The summed E-state index contributed by atoms with van der Waals surface area (Å²) in [5.74, 6) is -0.191. The van der Waals surface area contributed by atoms with Crippen molar-refractivity contribution in [3.63, 3.8) is 0 Å². The maximum absolute atomic E-state index is 12.8. The van der Waals surface area contributed by atoms with E-state index in [0.29, 0.717) is 28.0 Å². The number of aromatic amines is 1. The van der Waals surface area contributed by atoms with Gasteiger partial charge in [-0.2, -0.15) is 0 Å². The molecule has 0 saturated carbocycles. The van der Waals surface area contributed by atoms with Gasteiger partial charge in [0.15, 0.2) is 11.5 Å². The van der Waals surface area contributed by atoms with Crippen LogP contribution in [0.3, 0.4) is 0 Å². The standard InChI is InChI=1S/C21H19NO6/c1-2-26-18(23)10-14(12-7-8-16-17(9-12)28-11-27-16)19-20(24)13-5-3-4-6-15(13)22-21(19)25/h3-9,14H,2,10-11H2,1H3,(H2,22,24,25)/t14-/m0/s1. The van der Waals surface area contributed by atoms with Crippen LogP contribution in [0.15, 0.2) is 47.3 Å². The van der Waals surface area contributed by atoms with E-state index in [4.69, 9.17) is 14.2 Å². The first-order valence-corrected chi connectivity index (χ1v) is 8.97. The lowest BCUT2D eigenvalue weighted by Gasteiger charge is -2.19. The van der Waals surface area contributed by atoms with Gasteiger partial charge in [0, 0.05) is 11.3 Å². The number of pyridine rings is 1. The number of para-hydroxylation sites is 1. The predicted octanol–water partition coefficient (Wildman–Crippen LogP) is 3.05. The first kappa shape index (κ1) is 17.9. The lowest BCUT2D eigenvalue weighted by Crippen LogP contribution is -2.21. The lowest BCUT2D eigenvalue weighted by atomic mass is 9.87. The largest absolute Gasteiger partial charge is 0.507 e. The second-order valence-electron chi connectivity index (χ2n) is 6.44. The molecule has 1 aliphatic rings. The molecule has 3 aromatic rings. The third-order valence-corrected chi connectivity index (χ3v) is 4.75. The molecule has 7 heteroatoms. The highest BCUT2D eigenvalue weighted by Gasteiger charge is 2.28. The maximum atomic E-state index is 12.8. The first-order valence-electron chi connectivity index (χ1n) is 8.97. The minimum atomic E-state index is -0.707. The number of benzene rings is 2. The topological polar surface area (TPSA) is 97.8 Å². The number of rotatable bonds is 5. The highest BCUT2D eigenvalue weighted by Crippen LogP contribution is 2.40. The van der Waals surface area contributed by atoms with E-state index in [-0.39, 0.29) is 31.1 Å². The van der Waals surface area contributed by atoms with Gasteiger partial charge >= 0.3 is 5.97 Å². The number of hydrogen-bond acceptors (Lipinski definition) is 6. The molecular formula is C21H19NO6. The molecule has 2 heterocycles. The van der Waals surface area contributed by atoms with Gasteiger partial charge < -0.3 is 24.3 Å². The highest BCUT2D eigenvalue weighted by atomic mass is 16.7.